The summed E-state index contributed by atoms with van der Waals surface area (Å²) >= 11 is 0. The van der Waals surface area contributed by atoms with Crippen molar-refractivity contribution in [3.05, 3.63) is 39.1 Å². The number of amides is 2. The molecule has 0 fully saturated rings. The van der Waals surface area contributed by atoms with E-state index in [1.54, 1.807) is 20.8 Å². The zero-order chi connectivity index (χ0) is 20.3. The molecule has 0 aliphatic carbocycles. The summed E-state index contributed by atoms with van der Waals surface area (Å²) in [6, 6.07) is 0.996. The summed E-state index contributed by atoms with van der Waals surface area (Å²) in [5.74, 6) is -0.444. The van der Waals surface area contributed by atoms with Crippen molar-refractivity contribution in [1.82, 2.24) is 10.6 Å². The molecule has 1 aromatic carbocycles. The number of rotatable bonds is 6. The first kappa shape index (κ1) is 20.0. The molecule has 0 saturated carbocycles. The first-order valence-corrected chi connectivity index (χ1v) is 8.09. The van der Waals surface area contributed by atoms with Gasteiger partial charge in [0.1, 0.15) is 5.75 Å². The van der Waals surface area contributed by atoms with Crippen LogP contribution >= 0.6 is 0 Å². The molecule has 2 rings (SSSR count). The van der Waals surface area contributed by atoms with E-state index in [2.05, 4.69) is 10.6 Å². The molecule has 10 nitrogen and oxygen atoms in total. The normalized spacial score (nSPS) is 16.5. The van der Waals surface area contributed by atoms with Crippen LogP contribution in [0.25, 0.3) is 0 Å². The highest BCUT2D eigenvalue weighted by molar-refractivity contribution is 5.95. The van der Waals surface area contributed by atoms with Crippen LogP contribution in [-0.2, 0) is 9.53 Å². The first-order valence-electron chi connectivity index (χ1n) is 8.09. The summed E-state index contributed by atoms with van der Waals surface area (Å²) in [6.07, 6.45) is -0.386. The molecular weight excluding hydrogens is 358 g/mol. The lowest BCUT2D eigenvalue weighted by Gasteiger charge is -2.29. The van der Waals surface area contributed by atoms with Gasteiger partial charge in [-0.25, -0.2) is 9.59 Å². The minimum absolute atomic E-state index is 0.00660. The second-order valence-corrected chi connectivity index (χ2v) is 6.05. The van der Waals surface area contributed by atoms with E-state index in [-0.39, 0.29) is 40.1 Å². The smallest absolute Gasteiger partial charge is 0.338 e. The zero-order valence-corrected chi connectivity index (χ0v) is 15.6. The number of ether oxygens (including phenoxy) is 3. The van der Waals surface area contributed by atoms with Crippen LogP contribution in [-0.4, -0.2) is 37.2 Å². The van der Waals surface area contributed by atoms with Crippen molar-refractivity contribution in [3.8, 4) is 11.5 Å². The Labute approximate surface area is 155 Å². The van der Waals surface area contributed by atoms with Gasteiger partial charge >= 0.3 is 17.7 Å². The van der Waals surface area contributed by atoms with E-state index in [1.807, 2.05) is 0 Å². The Morgan fingerprint density at radius 2 is 1.85 bits per heavy atom. The fourth-order valence-electron chi connectivity index (χ4n) is 2.75. The minimum Gasteiger partial charge on any atom is -0.496 e. The van der Waals surface area contributed by atoms with Crippen molar-refractivity contribution in [2.45, 2.75) is 32.9 Å². The average molecular weight is 379 g/mol. The van der Waals surface area contributed by atoms with Crippen LogP contribution in [0.1, 0.15) is 32.4 Å². The second-order valence-electron chi connectivity index (χ2n) is 6.05. The number of nitrogens with one attached hydrogen (secondary N) is 2. The Bertz CT molecular complexity index is 817. The van der Waals surface area contributed by atoms with Crippen molar-refractivity contribution in [3.63, 3.8) is 0 Å². The number of esters is 1. The third-order valence-corrected chi connectivity index (χ3v) is 3.87. The predicted molar refractivity (Wildman–Crippen MR) is 94.5 cm³/mol. The van der Waals surface area contributed by atoms with Crippen LogP contribution in [0.4, 0.5) is 10.5 Å². The van der Waals surface area contributed by atoms with Gasteiger partial charge in [-0.3, -0.25) is 10.1 Å². The molecule has 2 amide bonds. The van der Waals surface area contributed by atoms with Gasteiger partial charge in [0, 0.05) is 23.4 Å². The van der Waals surface area contributed by atoms with Gasteiger partial charge in [0.15, 0.2) is 0 Å². The fourth-order valence-corrected chi connectivity index (χ4v) is 2.75. The summed E-state index contributed by atoms with van der Waals surface area (Å²) in [4.78, 5) is 35.3. The largest absolute Gasteiger partial charge is 0.496 e. The van der Waals surface area contributed by atoms with E-state index in [0.29, 0.717) is 0 Å². The fraction of sp³-hybridized carbons (Fsp3) is 0.412. The third-order valence-electron chi connectivity index (χ3n) is 3.87. The SMILES string of the molecule is COc1cc(OC)c([N+](=O)[O-])cc1C1NC(=O)NC(C)=C1C(=O)OC(C)C. The van der Waals surface area contributed by atoms with E-state index in [9.17, 15) is 19.7 Å². The number of benzene rings is 1. The molecule has 0 saturated heterocycles. The molecule has 0 bridgehead atoms. The summed E-state index contributed by atoms with van der Waals surface area (Å²) in [5.41, 5.74) is 0.321. The monoisotopic (exact) mass is 379 g/mol. The number of allylic oxidation sites excluding steroid dienone is 1. The lowest BCUT2D eigenvalue weighted by Crippen LogP contribution is -2.45. The maximum absolute atomic E-state index is 12.6. The predicted octanol–water partition coefficient (Wildman–Crippen LogP) is 2.19. The van der Waals surface area contributed by atoms with Gasteiger partial charge < -0.3 is 24.8 Å². The molecule has 0 spiro atoms. The van der Waals surface area contributed by atoms with Crippen LogP contribution in [0.3, 0.4) is 0 Å². The molecule has 0 aromatic heterocycles. The summed E-state index contributed by atoms with van der Waals surface area (Å²) in [5, 5.41) is 16.5. The van der Waals surface area contributed by atoms with E-state index < -0.39 is 23.0 Å². The van der Waals surface area contributed by atoms with Crippen molar-refractivity contribution < 1.29 is 28.7 Å². The van der Waals surface area contributed by atoms with E-state index in [1.165, 1.54) is 26.4 Å². The number of hydrogen-bond acceptors (Lipinski definition) is 7. The molecule has 146 valence electrons. The Hall–Kier alpha value is -3.30. The molecule has 2 N–H and O–H groups in total. The molecule has 1 atom stereocenters. The number of nitro groups is 1. The van der Waals surface area contributed by atoms with Crippen LogP contribution in [0, 0.1) is 10.1 Å². The standard InChI is InChI=1S/C17H21N3O7/c1-8(2)27-16(21)14-9(3)18-17(22)19-15(14)10-6-11(20(23)24)13(26-5)7-12(10)25-4/h6-8,15H,1-5H3,(H2,18,19,22). The van der Waals surface area contributed by atoms with Crippen molar-refractivity contribution in [2.24, 2.45) is 0 Å². The molecule has 1 aliphatic heterocycles. The highest BCUT2D eigenvalue weighted by atomic mass is 16.6. The second kappa shape index (κ2) is 7.94. The lowest BCUT2D eigenvalue weighted by atomic mass is 9.94. The average Bonchev–Trinajstić information content (AvgIpc) is 2.58. The van der Waals surface area contributed by atoms with Crippen LogP contribution in [0.15, 0.2) is 23.4 Å². The van der Waals surface area contributed by atoms with E-state index in [0.717, 1.165) is 0 Å². The molecule has 27 heavy (non-hydrogen) atoms. The van der Waals surface area contributed by atoms with E-state index >= 15 is 0 Å². The summed E-state index contributed by atoms with van der Waals surface area (Å²) < 4.78 is 15.6. The molecule has 1 aromatic rings. The highest BCUT2D eigenvalue weighted by Gasteiger charge is 2.36. The van der Waals surface area contributed by atoms with Gasteiger partial charge in [0.2, 0.25) is 5.75 Å². The number of carbonyl (C=O) groups is 2. The maximum Gasteiger partial charge on any atom is 0.338 e. The Balaban J connectivity index is 2.66. The molecule has 1 heterocycles. The Kier molecular flexibility index (Phi) is 5.88. The van der Waals surface area contributed by atoms with Gasteiger partial charge in [0.05, 0.1) is 36.9 Å². The quantitative estimate of drug-likeness (QED) is 0.440. The van der Waals surface area contributed by atoms with Gasteiger partial charge in [-0.15, -0.1) is 0 Å². The van der Waals surface area contributed by atoms with Gasteiger partial charge in [0.25, 0.3) is 0 Å². The van der Waals surface area contributed by atoms with E-state index in [4.69, 9.17) is 14.2 Å². The third kappa shape index (κ3) is 4.10. The minimum atomic E-state index is -0.996. The van der Waals surface area contributed by atoms with Crippen molar-refractivity contribution >= 4 is 17.7 Å². The number of carbonyl (C=O) groups excluding carboxylic acids is 2. The summed E-state index contributed by atoms with van der Waals surface area (Å²) in [6.45, 7) is 4.93. The number of methoxy groups -OCH3 is 2. The zero-order valence-electron chi connectivity index (χ0n) is 15.6. The Morgan fingerprint density at radius 1 is 1.22 bits per heavy atom. The molecule has 1 aliphatic rings. The number of hydrogen-bond donors (Lipinski definition) is 2. The highest BCUT2D eigenvalue weighted by Crippen LogP contribution is 2.40. The molecule has 0 radical (unpaired) electrons. The van der Waals surface area contributed by atoms with Gasteiger partial charge in [-0.05, 0) is 20.8 Å². The number of nitro benzene ring substituents is 1. The maximum atomic E-state index is 12.6. The molecular formula is C17H21N3O7. The lowest BCUT2D eigenvalue weighted by molar-refractivity contribution is -0.385. The van der Waals surface area contributed by atoms with Gasteiger partial charge in [-0.1, -0.05) is 0 Å². The molecule has 10 heteroatoms. The van der Waals surface area contributed by atoms with Crippen molar-refractivity contribution in [1.29, 1.82) is 0 Å². The topological polar surface area (TPSA) is 129 Å². The first-order chi connectivity index (χ1) is 12.7. The van der Waals surface area contributed by atoms with Crippen LogP contribution < -0.4 is 20.1 Å². The molecule has 1 unspecified atom stereocenters. The number of urea groups is 1. The van der Waals surface area contributed by atoms with Crippen LogP contribution in [0.5, 0.6) is 11.5 Å². The van der Waals surface area contributed by atoms with Crippen molar-refractivity contribution in [2.75, 3.05) is 14.2 Å². The summed E-state index contributed by atoms with van der Waals surface area (Å²) in [7, 11) is 2.67. The number of nitrogens with zero attached hydrogens (tertiary/aromatic N) is 1. The van der Waals surface area contributed by atoms with Crippen LogP contribution in [0.2, 0.25) is 0 Å². The van der Waals surface area contributed by atoms with Gasteiger partial charge in [-0.2, -0.15) is 0 Å². The Morgan fingerprint density at radius 3 is 2.37 bits per heavy atom.